The zero-order valence-electron chi connectivity index (χ0n) is 6.54. The van der Waals surface area contributed by atoms with Crippen molar-refractivity contribution < 1.29 is 9.66 Å². The molecule has 5 heteroatoms. The van der Waals surface area contributed by atoms with Crippen molar-refractivity contribution in [1.82, 2.24) is 0 Å². The van der Waals surface area contributed by atoms with Crippen molar-refractivity contribution in [3.8, 4) is 0 Å². The van der Waals surface area contributed by atoms with Gasteiger partial charge in [-0.3, -0.25) is 10.1 Å². The highest BCUT2D eigenvalue weighted by molar-refractivity contribution is 9.11. The number of hydrogen-bond donors (Lipinski definition) is 0. The summed E-state index contributed by atoms with van der Waals surface area (Å²) in [4.78, 5) is 10.0. The van der Waals surface area contributed by atoms with E-state index in [1.54, 1.807) is 6.08 Å². The number of halogens is 1. The van der Waals surface area contributed by atoms with E-state index in [0.29, 0.717) is 12.2 Å². The summed E-state index contributed by atoms with van der Waals surface area (Å²) >= 11 is 3.23. The summed E-state index contributed by atoms with van der Waals surface area (Å²) in [5.41, 5.74) is 0.0515. The summed E-state index contributed by atoms with van der Waals surface area (Å²) in [5.74, 6) is 0.339. The Labute approximate surface area is 78.2 Å². The standard InChI is InChI=1S/C7H8BrNO3/c1-12-7-5(8)3-2-4-6(7)9(10)11/h4H,2-3H2,1H3. The molecule has 0 aromatic rings. The van der Waals surface area contributed by atoms with E-state index in [0.717, 1.165) is 10.9 Å². The first-order valence-electron chi connectivity index (χ1n) is 3.44. The molecule has 0 aromatic carbocycles. The molecule has 1 aliphatic carbocycles. The minimum atomic E-state index is -0.431. The van der Waals surface area contributed by atoms with Crippen molar-refractivity contribution in [2.24, 2.45) is 0 Å². The Morgan fingerprint density at radius 2 is 2.42 bits per heavy atom. The van der Waals surface area contributed by atoms with Crippen LogP contribution in [-0.2, 0) is 4.74 Å². The van der Waals surface area contributed by atoms with E-state index < -0.39 is 4.92 Å². The molecule has 0 saturated carbocycles. The molecule has 0 fully saturated rings. The van der Waals surface area contributed by atoms with Crippen LogP contribution in [0.25, 0.3) is 0 Å². The van der Waals surface area contributed by atoms with Crippen molar-refractivity contribution in [2.45, 2.75) is 12.8 Å². The van der Waals surface area contributed by atoms with Gasteiger partial charge in [0.15, 0.2) is 0 Å². The molecule has 12 heavy (non-hydrogen) atoms. The second-order valence-electron chi connectivity index (χ2n) is 2.32. The van der Waals surface area contributed by atoms with Gasteiger partial charge in [-0.15, -0.1) is 0 Å². The normalized spacial score (nSPS) is 17.3. The van der Waals surface area contributed by atoms with E-state index in [9.17, 15) is 10.1 Å². The Bertz CT molecular complexity index is 270. The molecule has 1 rings (SSSR count). The Balaban J connectivity index is 3.00. The fourth-order valence-corrected chi connectivity index (χ4v) is 1.65. The first-order valence-corrected chi connectivity index (χ1v) is 4.23. The van der Waals surface area contributed by atoms with E-state index in [4.69, 9.17) is 4.74 Å². The second-order valence-corrected chi connectivity index (χ2v) is 3.28. The van der Waals surface area contributed by atoms with Crippen LogP contribution >= 0.6 is 15.9 Å². The van der Waals surface area contributed by atoms with Crippen LogP contribution in [0.5, 0.6) is 0 Å². The molecule has 0 unspecified atom stereocenters. The maximum atomic E-state index is 10.5. The third kappa shape index (κ3) is 1.66. The van der Waals surface area contributed by atoms with Gasteiger partial charge in [0.1, 0.15) is 0 Å². The highest BCUT2D eigenvalue weighted by Gasteiger charge is 2.24. The summed E-state index contributed by atoms with van der Waals surface area (Å²) in [6.07, 6.45) is 3.02. The van der Waals surface area contributed by atoms with Crippen LogP contribution in [0.1, 0.15) is 12.8 Å². The molecule has 0 bridgehead atoms. The number of methoxy groups -OCH3 is 1. The quantitative estimate of drug-likeness (QED) is 0.543. The summed E-state index contributed by atoms with van der Waals surface area (Å²) in [5, 5.41) is 10.5. The molecule has 0 radical (unpaired) electrons. The Hall–Kier alpha value is -0.840. The largest absolute Gasteiger partial charge is 0.490 e. The molecule has 4 nitrogen and oxygen atoms in total. The van der Waals surface area contributed by atoms with Gasteiger partial charge in [0.2, 0.25) is 5.76 Å². The molecule has 0 N–H and O–H groups in total. The lowest BCUT2D eigenvalue weighted by atomic mass is 10.1. The number of ether oxygens (including phenoxy) is 1. The molecular weight excluding hydrogens is 226 g/mol. The summed E-state index contributed by atoms with van der Waals surface area (Å²) in [7, 11) is 1.43. The van der Waals surface area contributed by atoms with Crippen molar-refractivity contribution in [1.29, 1.82) is 0 Å². The molecular formula is C7H8BrNO3. The van der Waals surface area contributed by atoms with Crippen LogP contribution in [-0.4, -0.2) is 12.0 Å². The topological polar surface area (TPSA) is 52.4 Å². The van der Waals surface area contributed by atoms with Gasteiger partial charge in [-0.1, -0.05) is 15.9 Å². The van der Waals surface area contributed by atoms with Gasteiger partial charge in [-0.2, -0.15) is 0 Å². The molecule has 1 aliphatic rings. The lowest BCUT2D eigenvalue weighted by molar-refractivity contribution is -0.424. The van der Waals surface area contributed by atoms with Crippen LogP contribution in [0.3, 0.4) is 0 Å². The average molecular weight is 234 g/mol. The minimum Gasteiger partial charge on any atom is -0.490 e. The Kier molecular flexibility index (Phi) is 2.86. The third-order valence-corrected chi connectivity index (χ3v) is 2.34. The summed E-state index contributed by atoms with van der Waals surface area (Å²) < 4.78 is 5.66. The highest BCUT2D eigenvalue weighted by Crippen LogP contribution is 2.29. The van der Waals surface area contributed by atoms with E-state index >= 15 is 0 Å². The highest BCUT2D eigenvalue weighted by atomic mass is 79.9. The van der Waals surface area contributed by atoms with Crippen molar-refractivity contribution in [3.05, 3.63) is 32.1 Å². The summed E-state index contributed by atoms with van der Waals surface area (Å²) in [6.45, 7) is 0. The van der Waals surface area contributed by atoms with Crippen LogP contribution in [0, 0.1) is 10.1 Å². The maximum absolute atomic E-state index is 10.5. The smallest absolute Gasteiger partial charge is 0.307 e. The van der Waals surface area contributed by atoms with Crippen LogP contribution in [0.15, 0.2) is 22.0 Å². The average Bonchev–Trinajstić information content (AvgIpc) is 2.03. The van der Waals surface area contributed by atoms with Gasteiger partial charge in [0.25, 0.3) is 0 Å². The number of hydrogen-bond acceptors (Lipinski definition) is 3. The van der Waals surface area contributed by atoms with Crippen LogP contribution in [0.4, 0.5) is 0 Å². The minimum absolute atomic E-state index is 0.0515. The van der Waals surface area contributed by atoms with Gasteiger partial charge in [0.05, 0.1) is 12.0 Å². The lowest BCUT2D eigenvalue weighted by Crippen LogP contribution is -2.08. The molecule has 0 amide bonds. The van der Waals surface area contributed by atoms with Crippen molar-refractivity contribution in [2.75, 3.05) is 7.11 Å². The maximum Gasteiger partial charge on any atom is 0.307 e. The molecule has 0 aliphatic heterocycles. The Morgan fingerprint density at radius 1 is 1.75 bits per heavy atom. The van der Waals surface area contributed by atoms with Gasteiger partial charge in [-0.05, 0) is 18.9 Å². The van der Waals surface area contributed by atoms with Crippen LogP contribution in [0.2, 0.25) is 0 Å². The molecule has 0 heterocycles. The number of nitro groups is 1. The Morgan fingerprint density at radius 3 is 2.83 bits per heavy atom. The van der Waals surface area contributed by atoms with Gasteiger partial charge < -0.3 is 4.74 Å². The molecule has 0 atom stereocenters. The van der Waals surface area contributed by atoms with Gasteiger partial charge >= 0.3 is 5.70 Å². The van der Waals surface area contributed by atoms with Gasteiger partial charge in [-0.25, -0.2) is 0 Å². The van der Waals surface area contributed by atoms with Crippen molar-refractivity contribution >= 4 is 15.9 Å². The molecule has 66 valence electrons. The van der Waals surface area contributed by atoms with E-state index in [1.807, 2.05) is 0 Å². The van der Waals surface area contributed by atoms with Crippen molar-refractivity contribution in [3.63, 3.8) is 0 Å². The first-order chi connectivity index (χ1) is 5.66. The zero-order valence-corrected chi connectivity index (χ0v) is 8.13. The number of rotatable bonds is 2. The van der Waals surface area contributed by atoms with E-state index in [-0.39, 0.29) is 5.70 Å². The predicted octanol–water partition coefficient (Wildman–Crippen LogP) is 2.19. The molecule has 0 aromatic heterocycles. The predicted molar refractivity (Wildman–Crippen MR) is 47.3 cm³/mol. The molecule has 0 spiro atoms. The number of allylic oxidation sites excluding steroid dienone is 2. The van der Waals surface area contributed by atoms with Gasteiger partial charge in [0, 0.05) is 4.48 Å². The molecule has 0 saturated heterocycles. The fourth-order valence-electron chi connectivity index (χ4n) is 1.05. The first kappa shape index (κ1) is 9.25. The SMILES string of the molecule is COC1=C(Br)CCC=C1[N+](=O)[O-]. The monoisotopic (exact) mass is 233 g/mol. The van der Waals surface area contributed by atoms with Crippen LogP contribution < -0.4 is 0 Å². The third-order valence-electron chi connectivity index (χ3n) is 1.58. The zero-order chi connectivity index (χ0) is 9.14. The van der Waals surface area contributed by atoms with E-state index in [1.165, 1.54) is 7.11 Å². The fraction of sp³-hybridized carbons (Fsp3) is 0.429. The number of nitrogens with zero attached hydrogens (tertiary/aromatic N) is 1. The van der Waals surface area contributed by atoms with E-state index in [2.05, 4.69) is 15.9 Å². The lowest BCUT2D eigenvalue weighted by Gasteiger charge is -2.10. The second kappa shape index (κ2) is 3.71. The summed E-state index contributed by atoms with van der Waals surface area (Å²) in [6, 6.07) is 0.